The summed E-state index contributed by atoms with van der Waals surface area (Å²) < 4.78 is 0. The second kappa shape index (κ2) is 8.35. The summed E-state index contributed by atoms with van der Waals surface area (Å²) in [5.41, 5.74) is 0. The van der Waals surface area contributed by atoms with Gasteiger partial charge in [-0.1, -0.05) is 13.8 Å². The zero-order valence-electron chi connectivity index (χ0n) is 10.0. The number of rotatable bonds is 2. The smallest absolute Gasteiger partial charge is 0.222 e. The van der Waals surface area contributed by atoms with Crippen LogP contribution in [0.1, 0.15) is 46.0 Å². The molecule has 0 spiro atoms. The maximum absolute atomic E-state index is 11.4. The van der Waals surface area contributed by atoms with Gasteiger partial charge in [0.25, 0.3) is 0 Å². The number of amides is 1. The Hall–Kier alpha value is -0.970. The van der Waals surface area contributed by atoms with E-state index in [0.717, 1.165) is 25.4 Å². The molecule has 0 aromatic heterocycles. The minimum Gasteiger partial charge on any atom is -0.343 e. The number of hydrogen-bond acceptors (Lipinski definition) is 1. The number of nitrogens with zero attached hydrogens (tertiary/aromatic N) is 1. The number of carbonyl (C=O) groups excluding carboxylic acids is 1. The molecule has 0 atom stereocenters. The van der Waals surface area contributed by atoms with E-state index in [4.69, 9.17) is 0 Å². The van der Waals surface area contributed by atoms with Crippen LogP contribution in [0.5, 0.6) is 0 Å². The van der Waals surface area contributed by atoms with Crippen LogP contribution in [0.3, 0.4) is 0 Å². The molecule has 2 rings (SSSR count). The van der Waals surface area contributed by atoms with Crippen molar-refractivity contribution in [2.45, 2.75) is 46.0 Å². The van der Waals surface area contributed by atoms with E-state index in [0.29, 0.717) is 5.91 Å². The lowest BCUT2D eigenvalue weighted by molar-refractivity contribution is -0.130. The molecule has 0 unspecified atom stereocenters. The molecule has 86 valence electrons. The van der Waals surface area contributed by atoms with E-state index in [1.54, 1.807) is 0 Å². The zero-order valence-corrected chi connectivity index (χ0v) is 10.0. The maximum atomic E-state index is 11.4. The molecule has 2 heteroatoms. The van der Waals surface area contributed by atoms with Gasteiger partial charge in [-0.15, -0.1) is 12.8 Å². The van der Waals surface area contributed by atoms with Gasteiger partial charge in [-0.3, -0.25) is 4.79 Å². The van der Waals surface area contributed by atoms with Gasteiger partial charge in [0.2, 0.25) is 5.91 Å². The molecular weight excluding hydrogens is 186 g/mol. The van der Waals surface area contributed by atoms with Crippen LogP contribution < -0.4 is 0 Å². The van der Waals surface area contributed by atoms with E-state index < -0.39 is 0 Å². The summed E-state index contributed by atoms with van der Waals surface area (Å²) in [6.07, 6.45) is 13.9. The number of terminal acetylenes is 1. The van der Waals surface area contributed by atoms with Crippen molar-refractivity contribution in [3.05, 3.63) is 0 Å². The average Bonchev–Trinajstić information content (AvgIpc) is 2.95. The molecule has 1 aliphatic carbocycles. The van der Waals surface area contributed by atoms with Gasteiger partial charge in [0.1, 0.15) is 0 Å². The van der Waals surface area contributed by atoms with Crippen LogP contribution in [0, 0.1) is 18.8 Å². The van der Waals surface area contributed by atoms with E-state index in [1.807, 2.05) is 18.7 Å². The van der Waals surface area contributed by atoms with Gasteiger partial charge >= 0.3 is 0 Å². The molecule has 2 nitrogen and oxygen atoms in total. The molecule has 1 amide bonds. The standard InChI is InChI=1S/C9H15NO.C2H6.C2H2/c11-9(7-8-3-4-8)10-5-1-2-6-10;2*1-2/h8H,1-7H2;1-2H3;1-2H. The van der Waals surface area contributed by atoms with E-state index in [9.17, 15) is 4.79 Å². The molecule has 1 heterocycles. The van der Waals surface area contributed by atoms with E-state index >= 15 is 0 Å². The molecule has 2 aliphatic rings. The summed E-state index contributed by atoms with van der Waals surface area (Å²) in [6, 6.07) is 0. The maximum Gasteiger partial charge on any atom is 0.222 e. The summed E-state index contributed by atoms with van der Waals surface area (Å²) in [6.45, 7) is 6.04. The summed E-state index contributed by atoms with van der Waals surface area (Å²) in [4.78, 5) is 13.4. The molecule has 0 radical (unpaired) electrons. The van der Waals surface area contributed by atoms with Crippen LogP contribution >= 0.6 is 0 Å². The Morgan fingerprint density at radius 1 is 1.20 bits per heavy atom. The molecule has 0 N–H and O–H groups in total. The Bertz CT molecular complexity index is 188. The molecular formula is C13H23NO. The highest BCUT2D eigenvalue weighted by atomic mass is 16.2. The van der Waals surface area contributed by atoms with Crippen LogP contribution in [0.2, 0.25) is 0 Å². The lowest BCUT2D eigenvalue weighted by Crippen LogP contribution is -2.27. The Labute approximate surface area is 94.0 Å². The van der Waals surface area contributed by atoms with Crippen LogP contribution in [0.4, 0.5) is 0 Å². The molecule has 2 fully saturated rings. The summed E-state index contributed by atoms with van der Waals surface area (Å²) in [7, 11) is 0. The third-order valence-corrected chi connectivity index (χ3v) is 2.62. The van der Waals surface area contributed by atoms with Crippen molar-refractivity contribution in [3.8, 4) is 12.8 Å². The van der Waals surface area contributed by atoms with E-state index in [-0.39, 0.29) is 0 Å². The summed E-state index contributed by atoms with van der Waals surface area (Å²) in [5.74, 6) is 1.16. The lowest BCUT2D eigenvalue weighted by Gasteiger charge is -2.14. The van der Waals surface area contributed by atoms with Crippen molar-refractivity contribution in [2.24, 2.45) is 5.92 Å². The van der Waals surface area contributed by atoms with Gasteiger partial charge in [0, 0.05) is 19.5 Å². The van der Waals surface area contributed by atoms with Crippen molar-refractivity contribution in [1.29, 1.82) is 0 Å². The molecule has 15 heavy (non-hydrogen) atoms. The number of likely N-dealkylation sites (tertiary alicyclic amines) is 1. The summed E-state index contributed by atoms with van der Waals surface area (Å²) in [5, 5.41) is 0. The summed E-state index contributed by atoms with van der Waals surface area (Å²) >= 11 is 0. The molecule has 0 aromatic carbocycles. The quantitative estimate of drug-likeness (QED) is 0.640. The second-order valence-electron chi connectivity index (χ2n) is 3.74. The van der Waals surface area contributed by atoms with E-state index in [1.165, 1.54) is 25.7 Å². The van der Waals surface area contributed by atoms with Crippen molar-refractivity contribution in [3.63, 3.8) is 0 Å². The molecule has 0 bridgehead atoms. The fourth-order valence-electron chi connectivity index (χ4n) is 1.66. The third-order valence-electron chi connectivity index (χ3n) is 2.62. The van der Waals surface area contributed by atoms with Crippen LogP contribution in [-0.2, 0) is 4.79 Å². The highest BCUT2D eigenvalue weighted by molar-refractivity contribution is 5.76. The minimum absolute atomic E-state index is 0.407. The normalized spacial score (nSPS) is 18.3. The largest absolute Gasteiger partial charge is 0.343 e. The van der Waals surface area contributed by atoms with Gasteiger partial charge in [0.05, 0.1) is 0 Å². The molecule has 1 aliphatic heterocycles. The van der Waals surface area contributed by atoms with Gasteiger partial charge in [-0.25, -0.2) is 0 Å². The van der Waals surface area contributed by atoms with Gasteiger partial charge in [-0.05, 0) is 31.6 Å². The van der Waals surface area contributed by atoms with Gasteiger partial charge < -0.3 is 4.90 Å². The van der Waals surface area contributed by atoms with Gasteiger partial charge in [0.15, 0.2) is 0 Å². The first kappa shape index (κ1) is 14.0. The van der Waals surface area contributed by atoms with E-state index in [2.05, 4.69) is 12.8 Å². The molecule has 1 saturated carbocycles. The second-order valence-corrected chi connectivity index (χ2v) is 3.74. The van der Waals surface area contributed by atoms with Crippen LogP contribution in [-0.4, -0.2) is 23.9 Å². The Morgan fingerprint density at radius 3 is 2.07 bits per heavy atom. The van der Waals surface area contributed by atoms with Crippen molar-refractivity contribution >= 4 is 5.91 Å². The number of hydrogen-bond donors (Lipinski definition) is 0. The number of carbonyl (C=O) groups is 1. The first-order valence-corrected chi connectivity index (χ1v) is 5.97. The SMILES string of the molecule is C#C.CC.O=C(CC1CC1)N1CCCC1. The van der Waals surface area contributed by atoms with Gasteiger partial charge in [-0.2, -0.15) is 0 Å². The topological polar surface area (TPSA) is 20.3 Å². The minimum atomic E-state index is 0.407. The predicted octanol–water partition coefficient (Wildman–Crippen LogP) is 2.68. The third kappa shape index (κ3) is 5.47. The van der Waals surface area contributed by atoms with Crippen LogP contribution in [0.25, 0.3) is 0 Å². The van der Waals surface area contributed by atoms with Crippen molar-refractivity contribution in [1.82, 2.24) is 4.90 Å². The zero-order chi connectivity index (χ0) is 11.7. The van der Waals surface area contributed by atoms with Crippen molar-refractivity contribution in [2.75, 3.05) is 13.1 Å². The monoisotopic (exact) mass is 209 g/mol. The molecule has 0 aromatic rings. The molecule has 1 saturated heterocycles. The first-order chi connectivity index (χ1) is 7.36. The Kier molecular flexibility index (Phi) is 7.81. The average molecular weight is 209 g/mol. The fourth-order valence-corrected chi connectivity index (χ4v) is 1.66. The highest BCUT2D eigenvalue weighted by Gasteiger charge is 2.27. The Morgan fingerprint density at radius 2 is 1.67 bits per heavy atom. The predicted molar refractivity (Wildman–Crippen MR) is 64.4 cm³/mol. The lowest BCUT2D eigenvalue weighted by atomic mass is 10.2. The first-order valence-electron chi connectivity index (χ1n) is 5.97. The Balaban J connectivity index is 0.000000442. The van der Waals surface area contributed by atoms with Crippen LogP contribution in [0.15, 0.2) is 0 Å². The highest BCUT2D eigenvalue weighted by Crippen LogP contribution is 2.33. The van der Waals surface area contributed by atoms with Crippen molar-refractivity contribution < 1.29 is 4.79 Å². The fraction of sp³-hybridized carbons (Fsp3) is 0.769.